The Kier molecular flexibility index (Phi) is 5.26. The predicted molar refractivity (Wildman–Crippen MR) is 97.6 cm³/mol. The van der Waals surface area contributed by atoms with Gasteiger partial charge in [0.15, 0.2) is 0 Å². The molecule has 140 valence electrons. The van der Waals surface area contributed by atoms with Crippen LogP contribution in [0.4, 0.5) is 4.39 Å². The molecule has 1 aliphatic heterocycles. The van der Waals surface area contributed by atoms with E-state index in [1.54, 1.807) is 28.4 Å². The smallest absolute Gasteiger partial charge is 0.227 e. The third kappa shape index (κ3) is 4.23. The van der Waals surface area contributed by atoms with Gasteiger partial charge in [0, 0.05) is 30.3 Å². The molecule has 2 aromatic heterocycles. The molecule has 8 heteroatoms. The van der Waals surface area contributed by atoms with E-state index in [0.717, 1.165) is 11.1 Å². The zero-order valence-corrected chi connectivity index (χ0v) is 15.3. The van der Waals surface area contributed by atoms with Gasteiger partial charge in [-0.1, -0.05) is 17.3 Å². The highest BCUT2D eigenvalue weighted by molar-refractivity contribution is 7.08. The number of hydrogen-bond acceptors (Lipinski definition) is 6. The summed E-state index contributed by atoms with van der Waals surface area (Å²) in [4.78, 5) is 18.7. The number of rotatable bonds is 5. The molecule has 4 rings (SSSR count). The first-order valence-corrected chi connectivity index (χ1v) is 9.63. The summed E-state index contributed by atoms with van der Waals surface area (Å²) in [6, 6.07) is 8.12. The molecule has 0 saturated carbocycles. The van der Waals surface area contributed by atoms with Crippen molar-refractivity contribution < 1.29 is 18.4 Å². The van der Waals surface area contributed by atoms with Crippen molar-refractivity contribution in [1.82, 2.24) is 15.0 Å². The topological polar surface area (TPSA) is 68.5 Å². The van der Waals surface area contributed by atoms with Crippen LogP contribution >= 0.6 is 11.3 Å². The molecule has 0 aliphatic carbocycles. The molecule has 1 unspecified atom stereocenters. The van der Waals surface area contributed by atoms with Crippen molar-refractivity contribution in [2.24, 2.45) is 0 Å². The van der Waals surface area contributed by atoms with E-state index in [1.165, 1.54) is 12.1 Å². The van der Waals surface area contributed by atoms with Crippen LogP contribution in [-0.2, 0) is 16.0 Å². The standard InChI is InChI=1S/C19H18FN3O3S/c20-15-3-1-13(2-4-15)16-11-23(8-9-25-16)18(24)6-5-17-21-19(22-26-17)14-7-10-27-12-14/h1-4,7,10,12,16H,5-6,8-9,11H2. The van der Waals surface area contributed by atoms with Crippen molar-refractivity contribution in [2.75, 3.05) is 19.7 Å². The Morgan fingerprint density at radius 2 is 2.15 bits per heavy atom. The lowest BCUT2D eigenvalue weighted by Gasteiger charge is -2.33. The lowest BCUT2D eigenvalue weighted by Crippen LogP contribution is -2.42. The van der Waals surface area contributed by atoms with Crippen molar-refractivity contribution in [3.8, 4) is 11.4 Å². The summed E-state index contributed by atoms with van der Waals surface area (Å²) in [6.07, 6.45) is 0.451. The van der Waals surface area contributed by atoms with E-state index in [2.05, 4.69) is 10.1 Å². The molecule has 6 nitrogen and oxygen atoms in total. The minimum atomic E-state index is -0.288. The fourth-order valence-corrected chi connectivity index (χ4v) is 3.63. The molecule has 0 N–H and O–H groups in total. The van der Waals surface area contributed by atoms with E-state index in [-0.39, 0.29) is 17.8 Å². The first-order valence-electron chi connectivity index (χ1n) is 8.69. The number of nitrogens with zero attached hydrogens (tertiary/aromatic N) is 3. The summed E-state index contributed by atoms with van der Waals surface area (Å²) < 4.78 is 24.1. The summed E-state index contributed by atoms with van der Waals surface area (Å²) in [5.41, 5.74) is 1.78. The summed E-state index contributed by atoms with van der Waals surface area (Å²) >= 11 is 1.56. The molecule has 1 atom stereocenters. The van der Waals surface area contributed by atoms with Gasteiger partial charge in [-0.3, -0.25) is 4.79 Å². The minimum Gasteiger partial charge on any atom is -0.370 e. The molecule has 1 aromatic carbocycles. The first kappa shape index (κ1) is 17.8. The highest BCUT2D eigenvalue weighted by atomic mass is 32.1. The molecule has 0 bridgehead atoms. The molecule has 1 aliphatic rings. The highest BCUT2D eigenvalue weighted by Crippen LogP contribution is 2.23. The maximum Gasteiger partial charge on any atom is 0.227 e. The third-order valence-electron chi connectivity index (χ3n) is 4.46. The number of benzene rings is 1. The number of carbonyl (C=O) groups excluding carboxylic acids is 1. The normalized spacial score (nSPS) is 17.2. The zero-order valence-electron chi connectivity index (χ0n) is 14.5. The highest BCUT2D eigenvalue weighted by Gasteiger charge is 2.25. The molecule has 3 aromatic rings. The number of amides is 1. The molecule has 0 radical (unpaired) electrons. The van der Waals surface area contributed by atoms with Crippen molar-refractivity contribution >= 4 is 17.2 Å². The largest absolute Gasteiger partial charge is 0.370 e. The maximum absolute atomic E-state index is 13.1. The van der Waals surface area contributed by atoms with Crippen LogP contribution in [0.1, 0.15) is 24.0 Å². The third-order valence-corrected chi connectivity index (χ3v) is 5.14. The second-order valence-electron chi connectivity index (χ2n) is 6.27. The van der Waals surface area contributed by atoms with Crippen molar-refractivity contribution in [1.29, 1.82) is 0 Å². The lowest BCUT2D eigenvalue weighted by atomic mass is 10.1. The number of ether oxygens (including phenoxy) is 1. The van der Waals surface area contributed by atoms with Gasteiger partial charge in [0.25, 0.3) is 0 Å². The molecule has 3 heterocycles. The summed E-state index contributed by atoms with van der Waals surface area (Å²) in [7, 11) is 0. The number of halogens is 1. The summed E-state index contributed by atoms with van der Waals surface area (Å²) in [5.74, 6) is 0.721. The van der Waals surface area contributed by atoms with Crippen LogP contribution in [0.2, 0.25) is 0 Å². The number of thiophene rings is 1. The molecule has 1 fully saturated rings. The van der Waals surface area contributed by atoms with E-state index in [4.69, 9.17) is 9.26 Å². The van der Waals surface area contributed by atoms with E-state index in [0.29, 0.717) is 44.3 Å². The Bertz CT molecular complexity index is 895. The van der Waals surface area contributed by atoms with Gasteiger partial charge in [-0.15, -0.1) is 0 Å². The second-order valence-corrected chi connectivity index (χ2v) is 7.05. The van der Waals surface area contributed by atoms with Crippen LogP contribution in [0, 0.1) is 5.82 Å². The number of hydrogen-bond donors (Lipinski definition) is 0. The fraction of sp³-hybridized carbons (Fsp3) is 0.316. The SMILES string of the molecule is O=C(CCc1nc(-c2ccsc2)no1)N1CCOC(c2ccc(F)cc2)C1. The van der Waals surface area contributed by atoms with Gasteiger partial charge in [0.1, 0.15) is 11.9 Å². The number of aromatic nitrogens is 2. The van der Waals surface area contributed by atoms with Gasteiger partial charge in [0.05, 0.1) is 13.2 Å². The molecule has 27 heavy (non-hydrogen) atoms. The summed E-state index contributed by atoms with van der Waals surface area (Å²) in [5, 5.41) is 7.85. The van der Waals surface area contributed by atoms with Gasteiger partial charge in [0.2, 0.25) is 17.6 Å². The average Bonchev–Trinajstić information content (AvgIpc) is 3.38. The van der Waals surface area contributed by atoms with E-state index >= 15 is 0 Å². The number of carbonyl (C=O) groups is 1. The first-order chi connectivity index (χ1) is 13.2. The minimum absolute atomic E-state index is 0.0145. The average molecular weight is 387 g/mol. The Morgan fingerprint density at radius 3 is 2.93 bits per heavy atom. The molecule has 1 amide bonds. The Labute approximate surface area is 159 Å². The van der Waals surface area contributed by atoms with Crippen LogP contribution in [0.15, 0.2) is 45.6 Å². The van der Waals surface area contributed by atoms with Gasteiger partial charge >= 0.3 is 0 Å². The molecular weight excluding hydrogens is 369 g/mol. The van der Waals surface area contributed by atoms with Crippen LogP contribution in [0.5, 0.6) is 0 Å². The van der Waals surface area contributed by atoms with Crippen molar-refractivity contribution in [3.05, 3.63) is 58.4 Å². The Hall–Kier alpha value is -2.58. The molecule has 0 spiro atoms. The monoisotopic (exact) mass is 387 g/mol. The predicted octanol–water partition coefficient (Wildman–Crippen LogP) is 3.47. The quantitative estimate of drug-likeness (QED) is 0.671. The fourth-order valence-electron chi connectivity index (χ4n) is 2.99. The van der Waals surface area contributed by atoms with E-state index in [1.807, 2.05) is 16.8 Å². The zero-order chi connectivity index (χ0) is 18.6. The number of aryl methyl sites for hydroxylation is 1. The second kappa shape index (κ2) is 7.98. The van der Waals surface area contributed by atoms with Crippen molar-refractivity contribution in [2.45, 2.75) is 18.9 Å². The maximum atomic E-state index is 13.1. The lowest BCUT2D eigenvalue weighted by molar-refractivity contribution is -0.139. The van der Waals surface area contributed by atoms with Crippen LogP contribution in [0.3, 0.4) is 0 Å². The Morgan fingerprint density at radius 1 is 1.30 bits per heavy atom. The van der Waals surface area contributed by atoms with E-state index < -0.39 is 0 Å². The number of morpholine rings is 1. The van der Waals surface area contributed by atoms with Crippen LogP contribution in [0.25, 0.3) is 11.4 Å². The van der Waals surface area contributed by atoms with Gasteiger partial charge in [-0.25, -0.2) is 4.39 Å². The van der Waals surface area contributed by atoms with Crippen LogP contribution in [-0.4, -0.2) is 40.6 Å². The van der Waals surface area contributed by atoms with Crippen molar-refractivity contribution in [3.63, 3.8) is 0 Å². The molecule has 1 saturated heterocycles. The van der Waals surface area contributed by atoms with Gasteiger partial charge < -0.3 is 14.2 Å². The van der Waals surface area contributed by atoms with Gasteiger partial charge in [-0.2, -0.15) is 16.3 Å². The molecular formula is C19H18FN3O3S. The van der Waals surface area contributed by atoms with Crippen LogP contribution < -0.4 is 0 Å². The Balaban J connectivity index is 1.33. The van der Waals surface area contributed by atoms with Gasteiger partial charge in [-0.05, 0) is 29.1 Å². The van der Waals surface area contributed by atoms with E-state index in [9.17, 15) is 9.18 Å². The summed E-state index contributed by atoms with van der Waals surface area (Å²) in [6.45, 7) is 1.45.